The molecule has 0 radical (unpaired) electrons. The van der Waals surface area contributed by atoms with E-state index in [-0.39, 0.29) is 24.7 Å². The Labute approximate surface area is 239 Å². The van der Waals surface area contributed by atoms with Gasteiger partial charge in [0.2, 0.25) is 17.7 Å². The van der Waals surface area contributed by atoms with Gasteiger partial charge in [0.15, 0.2) is 0 Å². The quantitative estimate of drug-likeness (QED) is 0.145. The molecule has 222 valence electrons. The van der Waals surface area contributed by atoms with Crippen molar-refractivity contribution in [2.75, 3.05) is 0 Å². The third kappa shape index (κ3) is 9.17. The number of carboxylic acids is 1. The summed E-state index contributed by atoms with van der Waals surface area (Å²) >= 11 is 0. The van der Waals surface area contributed by atoms with Crippen molar-refractivity contribution in [3.8, 4) is 0 Å². The lowest BCUT2D eigenvalue weighted by molar-refractivity contribution is -0.142. The van der Waals surface area contributed by atoms with E-state index in [0.717, 1.165) is 16.5 Å². The highest BCUT2D eigenvalue weighted by atomic mass is 16.4. The van der Waals surface area contributed by atoms with E-state index in [1.165, 1.54) is 12.5 Å². The average molecular weight is 568 g/mol. The van der Waals surface area contributed by atoms with E-state index in [2.05, 4.69) is 30.9 Å². The number of aliphatic carboxylic acids is 1. The lowest BCUT2D eigenvalue weighted by Gasteiger charge is -2.26. The number of para-hydroxylation sites is 1. The van der Waals surface area contributed by atoms with Crippen LogP contribution in [0, 0.1) is 11.8 Å². The molecule has 4 unspecified atom stereocenters. The molecule has 0 aliphatic rings. The number of hydrogen-bond acceptors (Lipinski definition) is 6. The molecular weight excluding hydrogens is 526 g/mol. The molecule has 3 aromatic rings. The molecular formula is C29H41N7O5. The van der Waals surface area contributed by atoms with E-state index < -0.39 is 47.9 Å². The third-order valence-corrected chi connectivity index (χ3v) is 6.73. The smallest absolute Gasteiger partial charge is 0.326 e. The zero-order valence-electron chi connectivity index (χ0n) is 23.9. The molecule has 12 heteroatoms. The number of imidazole rings is 1. The number of nitrogens with one attached hydrogen (secondary N) is 5. The van der Waals surface area contributed by atoms with Gasteiger partial charge in [-0.2, -0.15) is 0 Å². The highest BCUT2D eigenvalue weighted by Gasteiger charge is 2.31. The highest BCUT2D eigenvalue weighted by Crippen LogP contribution is 2.19. The second-order valence-corrected chi connectivity index (χ2v) is 11.2. The van der Waals surface area contributed by atoms with Gasteiger partial charge in [-0.3, -0.25) is 14.4 Å². The van der Waals surface area contributed by atoms with Crippen LogP contribution in [0.1, 0.15) is 51.8 Å². The van der Waals surface area contributed by atoms with Crippen LogP contribution in [0.25, 0.3) is 10.9 Å². The van der Waals surface area contributed by atoms with E-state index in [9.17, 15) is 24.3 Å². The molecule has 2 aromatic heterocycles. The van der Waals surface area contributed by atoms with Crippen LogP contribution < -0.4 is 21.7 Å². The van der Waals surface area contributed by atoms with E-state index in [4.69, 9.17) is 5.73 Å². The summed E-state index contributed by atoms with van der Waals surface area (Å²) in [6.45, 7) is 7.75. The number of nitrogens with zero attached hydrogens (tertiary/aromatic N) is 1. The Kier molecular flexibility index (Phi) is 11.0. The minimum Gasteiger partial charge on any atom is -0.480 e. The molecule has 1 aromatic carbocycles. The molecule has 0 saturated heterocycles. The van der Waals surface area contributed by atoms with Gasteiger partial charge in [-0.25, -0.2) is 9.78 Å². The predicted molar refractivity (Wildman–Crippen MR) is 155 cm³/mol. The molecule has 8 N–H and O–H groups in total. The fourth-order valence-corrected chi connectivity index (χ4v) is 4.69. The van der Waals surface area contributed by atoms with Crippen LogP contribution in [0.2, 0.25) is 0 Å². The first kappa shape index (κ1) is 31.3. The first-order valence-corrected chi connectivity index (χ1v) is 13.9. The molecule has 0 aliphatic heterocycles. The summed E-state index contributed by atoms with van der Waals surface area (Å²) in [6, 6.07) is 3.45. The van der Waals surface area contributed by atoms with Gasteiger partial charge >= 0.3 is 5.97 Å². The minimum atomic E-state index is -1.26. The number of carbonyl (C=O) groups excluding carboxylic acids is 3. The number of benzene rings is 1. The number of H-pyrrole nitrogens is 2. The van der Waals surface area contributed by atoms with Gasteiger partial charge in [-0.15, -0.1) is 0 Å². The molecule has 0 aliphatic carbocycles. The maximum Gasteiger partial charge on any atom is 0.326 e. The van der Waals surface area contributed by atoms with Crippen LogP contribution in [0.5, 0.6) is 0 Å². The Balaban J connectivity index is 1.85. The van der Waals surface area contributed by atoms with Crippen molar-refractivity contribution in [2.24, 2.45) is 17.6 Å². The largest absolute Gasteiger partial charge is 0.480 e. The van der Waals surface area contributed by atoms with Crippen molar-refractivity contribution < 1.29 is 24.3 Å². The Hall–Kier alpha value is -4.19. The second kappa shape index (κ2) is 14.4. The average Bonchev–Trinajstić information content (AvgIpc) is 3.56. The number of aromatic amines is 2. The first-order valence-electron chi connectivity index (χ1n) is 13.9. The number of rotatable bonds is 15. The summed E-state index contributed by atoms with van der Waals surface area (Å²) in [7, 11) is 0. The SMILES string of the molecule is CC(C)CC(N)C(=O)NC(CC(C)C)C(=O)NC(Cc1c[nH]c2ccccc12)C(=O)NC(Cc1cnc[nH]1)C(=O)O. The molecule has 0 spiro atoms. The number of amides is 3. The number of hydrogen-bond donors (Lipinski definition) is 7. The summed E-state index contributed by atoms with van der Waals surface area (Å²) in [5.41, 5.74) is 8.22. The van der Waals surface area contributed by atoms with E-state index in [1.807, 2.05) is 52.0 Å². The Morgan fingerprint density at radius 1 is 0.854 bits per heavy atom. The van der Waals surface area contributed by atoms with Gasteiger partial charge in [0, 0.05) is 41.8 Å². The van der Waals surface area contributed by atoms with Crippen molar-refractivity contribution >= 4 is 34.6 Å². The van der Waals surface area contributed by atoms with Crippen LogP contribution >= 0.6 is 0 Å². The number of carboxylic acid groups (broad SMARTS) is 1. The van der Waals surface area contributed by atoms with Crippen LogP contribution in [-0.4, -0.2) is 67.9 Å². The Morgan fingerprint density at radius 2 is 1.49 bits per heavy atom. The van der Waals surface area contributed by atoms with Crippen LogP contribution in [0.4, 0.5) is 0 Å². The van der Waals surface area contributed by atoms with Gasteiger partial charge in [-0.05, 0) is 36.3 Å². The number of carbonyl (C=O) groups is 4. The summed E-state index contributed by atoms with van der Waals surface area (Å²) in [5, 5.41) is 18.8. The topological polar surface area (TPSA) is 195 Å². The predicted octanol–water partition coefficient (Wildman–Crippen LogP) is 1.63. The van der Waals surface area contributed by atoms with Crippen molar-refractivity contribution in [1.29, 1.82) is 0 Å². The van der Waals surface area contributed by atoms with E-state index in [1.54, 1.807) is 6.20 Å². The van der Waals surface area contributed by atoms with Crippen LogP contribution in [0.15, 0.2) is 43.0 Å². The molecule has 0 saturated carbocycles. The second-order valence-electron chi connectivity index (χ2n) is 11.2. The summed E-state index contributed by atoms with van der Waals surface area (Å²) in [4.78, 5) is 61.8. The summed E-state index contributed by atoms with van der Waals surface area (Å²) in [5.74, 6) is -2.64. The summed E-state index contributed by atoms with van der Waals surface area (Å²) in [6.07, 6.45) is 5.52. The van der Waals surface area contributed by atoms with Gasteiger partial charge in [0.25, 0.3) is 0 Å². The molecule has 41 heavy (non-hydrogen) atoms. The Morgan fingerprint density at radius 3 is 2.12 bits per heavy atom. The summed E-state index contributed by atoms with van der Waals surface area (Å²) < 4.78 is 0. The van der Waals surface area contributed by atoms with Crippen molar-refractivity contribution in [2.45, 2.75) is 77.5 Å². The van der Waals surface area contributed by atoms with Gasteiger partial charge in [-0.1, -0.05) is 45.9 Å². The number of fused-ring (bicyclic) bond motifs is 1. The third-order valence-electron chi connectivity index (χ3n) is 6.73. The van der Waals surface area contributed by atoms with Crippen molar-refractivity contribution in [3.05, 3.63) is 54.2 Å². The highest BCUT2D eigenvalue weighted by molar-refractivity contribution is 5.95. The number of nitrogens with two attached hydrogens (primary N) is 1. The van der Waals surface area contributed by atoms with E-state index in [0.29, 0.717) is 18.5 Å². The molecule has 4 atom stereocenters. The monoisotopic (exact) mass is 567 g/mol. The lowest BCUT2D eigenvalue weighted by Crippen LogP contribution is -2.58. The molecule has 0 fully saturated rings. The maximum atomic E-state index is 13.6. The number of aromatic nitrogens is 3. The van der Waals surface area contributed by atoms with Gasteiger partial charge in [0.05, 0.1) is 12.4 Å². The molecule has 3 rings (SSSR count). The van der Waals surface area contributed by atoms with Crippen molar-refractivity contribution in [3.63, 3.8) is 0 Å². The van der Waals surface area contributed by atoms with Gasteiger partial charge in [0.1, 0.15) is 18.1 Å². The maximum absolute atomic E-state index is 13.6. The Bertz CT molecular complexity index is 1320. The fourth-order valence-electron chi connectivity index (χ4n) is 4.69. The van der Waals surface area contributed by atoms with Crippen LogP contribution in [-0.2, 0) is 32.0 Å². The molecule has 3 amide bonds. The normalized spacial score (nSPS) is 14.4. The molecule has 12 nitrogen and oxygen atoms in total. The van der Waals surface area contributed by atoms with Crippen molar-refractivity contribution in [1.82, 2.24) is 30.9 Å². The minimum absolute atomic E-state index is 0.0192. The zero-order valence-corrected chi connectivity index (χ0v) is 23.9. The van der Waals surface area contributed by atoms with Gasteiger partial charge < -0.3 is 36.8 Å². The lowest BCUT2D eigenvalue weighted by atomic mass is 9.99. The zero-order chi connectivity index (χ0) is 30.1. The van der Waals surface area contributed by atoms with Crippen LogP contribution in [0.3, 0.4) is 0 Å². The molecule has 0 bridgehead atoms. The standard InChI is InChI=1S/C29H41N7O5/c1-16(2)9-21(30)26(37)34-23(10-17(3)4)27(38)35-24(11-18-13-32-22-8-6-5-7-20(18)22)28(39)36-25(29(40)41)12-19-14-31-15-33-19/h5-8,13-17,21,23-25,32H,9-12,30H2,1-4H3,(H,31,33)(H,34,37)(H,35,38)(H,36,39)(H,40,41). The fraction of sp³-hybridized carbons (Fsp3) is 0.483. The molecule has 2 heterocycles. The van der Waals surface area contributed by atoms with E-state index >= 15 is 0 Å². The first-order chi connectivity index (χ1) is 19.4.